The maximum atomic E-state index is 13.4. The maximum Gasteiger partial charge on any atom is 0.434 e. The summed E-state index contributed by atoms with van der Waals surface area (Å²) in [5.41, 5.74) is 3.66. The van der Waals surface area contributed by atoms with Crippen molar-refractivity contribution in [3.63, 3.8) is 0 Å². The number of fused-ring (bicyclic) bond motifs is 3. The molecule has 0 amide bonds. The van der Waals surface area contributed by atoms with Crippen LogP contribution in [0.2, 0.25) is 0 Å². The molecule has 0 radical (unpaired) electrons. The number of aryl methyl sites for hydroxylation is 1. The molecule has 8 nitrogen and oxygen atoms in total. The van der Waals surface area contributed by atoms with Gasteiger partial charge in [-0.15, -0.1) is 10.2 Å². The number of alkyl halides is 3. The molecular formula is C31H31F3N8. The highest BCUT2D eigenvalue weighted by molar-refractivity contribution is 5.68. The first-order chi connectivity index (χ1) is 20.0. The Balaban J connectivity index is 1.36. The normalized spacial score (nSPS) is 13.1. The van der Waals surface area contributed by atoms with Crippen LogP contribution >= 0.6 is 0 Å². The van der Waals surface area contributed by atoms with Gasteiger partial charge in [-0.1, -0.05) is 62.4 Å². The van der Waals surface area contributed by atoms with Crippen molar-refractivity contribution in [2.24, 2.45) is 0 Å². The molecule has 0 N–H and O–H groups in total. The Morgan fingerprint density at radius 3 is 2.36 bits per heavy atom. The molecule has 11 heteroatoms. The van der Waals surface area contributed by atoms with Crippen molar-refractivity contribution in [3.8, 4) is 28.5 Å². The number of imidazole rings is 1. The van der Waals surface area contributed by atoms with Gasteiger partial charge in [-0.05, 0) is 37.8 Å². The predicted octanol–water partition coefficient (Wildman–Crippen LogP) is 7.14. The number of hydrogen-bond donors (Lipinski definition) is 0. The van der Waals surface area contributed by atoms with Crippen molar-refractivity contribution in [2.75, 3.05) is 4.90 Å². The minimum atomic E-state index is -4.51. The first kappa shape index (κ1) is 27.6. The molecule has 6 rings (SSSR count). The molecule has 3 aromatic heterocycles. The molecule has 1 aliphatic rings. The number of halogens is 3. The van der Waals surface area contributed by atoms with Gasteiger partial charge in [-0.3, -0.25) is 4.57 Å². The Labute approximate surface area is 241 Å². The number of benzene rings is 2. The molecule has 0 fully saturated rings. The van der Waals surface area contributed by atoms with Crippen LogP contribution in [0.15, 0.2) is 60.9 Å². The molecule has 42 heavy (non-hydrogen) atoms. The van der Waals surface area contributed by atoms with Crippen LogP contribution in [0.5, 0.6) is 0 Å². The van der Waals surface area contributed by atoms with E-state index in [1.807, 2.05) is 74.0 Å². The van der Waals surface area contributed by atoms with Gasteiger partial charge in [-0.25, -0.2) is 15.0 Å². The van der Waals surface area contributed by atoms with Gasteiger partial charge in [0.1, 0.15) is 17.3 Å². The van der Waals surface area contributed by atoms with E-state index in [0.717, 1.165) is 40.5 Å². The summed E-state index contributed by atoms with van der Waals surface area (Å²) >= 11 is 0. The summed E-state index contributed by atoms with van der Waals surface area (Å²) in [5.74, 6) is 3.55. The third-order valence-electron chi connectivity index (χ3n) is 7.50. The lowest BCUT2D eigenvalue weighted by molar-refractivity contribution is -0.140. The lowest BCUT2D eigenvalue weighted by Crippen LogP contribution is -2.31. The van der Waals surface area contributed by atoms with Crippen molar-refractivity contribution < 1.29 is 13.2 Å². The van der Waals surface area contributed by atoms with E-state index < -0.39 is 11.9 Å². The lowest BCUT2D eigenvalue weighted by atomic mass is 9.97. The SMILES string of the molecule is Cc1nnc2n1-c1cnc(-c3ccccc3C(C)C)nc1N(Cc1ccc(-c3nc(C(F)(F)F)cn3C(C)C)cc1)C2. The average Bonchev–Trinajstić information content (AvgIpc) is 3.58. The Kier molecular flexibility index (Phi) is 6.83. The van der Waals surface area contributed by atoms with Crippen LogP contribution in [0.1, 0.15) is 68.1 Å². The summed E-state index contributed by atoms with van der Waals surface area (Å²) in [6, 6.07) is 15.5. The largest absolute Gasteiger partial charge is 0.434 e. The first-order valence-electron chi connectivity index (χ1n) is 13.9. The van der Waals surface area contributed by atoms with Gasteiger partial charge in [0.25, 0.3) is 0 Å². The Morgan fingerprint density at radius 1 is 0.929 bits per heavy atom. The fourth-order valence-electron chi connectivity index (χ4n) is 5.41. The molecule has 216 valence electrons. The topological polar surface area (TPSA) is 77.6 Å². The first-order valence-corrected chi connectivity index (χ1v) is 13.9. The fourth-order valence-corrected chi connectivity index (χ4v) is 5.41. The van der Waals surface area contributed by atoms with Gasteiger partial charge in [0, 0.05) is 29.9 Å². The minimum absolute atomic E-state index is 0.177. The van der Waals surface area contributed by atoms with E-state index in [-0.39, 0.29) is 11.9 Å². The second kappa shape index (κ2) is 10.4. The molecule has 1 aliphatic heterocycles. The van der Waals surface area contributed by atoms with Crippen LogP contribution < -0.4 is 4.90 Å². The van der Waals surface area contributed by atoms with E-state index in [0.29, 0.717) is 30.4 Å². The van der Waals surface area contributed by atoms with Gasteiger partial charge in [0.15, 0.2) is 23.2 Å². The standard InChI is InChI=1S/C31H31F3N8/c1-18(2)23-8-6-7-9-24(23)28-35-14-25-30(37-28)40(17-27-39-38-20(5)42(25)27)15-21-10-12-22(13-11-21)29-36-26(31(32,33)34)16-41(29)19(3)4/h6-14,16,18-19H,15,17H2,1-5H3. The molecule has 0 saturated carbocycles. The van der Waals surface area contributed by atoms with E-state index in [1.165, 1.54) is 5.56 Å². The summed E-state index contributed by atoms with van der Waals surface area (Å²) in [7, 11) is 0. The van der Waals surface area contributed by atoms with E-state index in [1.54, 1.807) is 4.57 Å². The molecule has 0 aliphatic carbocycles. The van der Waals surface area contributed by atoms with Gasteiger partial charge in [-0.2, -0.15) is 13.2 Å². The van der Waals surface area contributed by atoms with Gasteiger partial charge < -0.3 is 9.47 Å². The van der Waals surface area contributed by atoms with Crippen molar-refractivity contribution in [1.82, 2.24) is 34.3 Å². The van der Waals surface area contributed by atoms with Crippen LogP contribution in [0.3, 0.4) is 0 Å². The molecule has 0 spiro atoms. The highest BCUT2D eigenvalue weighted by Crippen LogP contribution is 2.36. The molecule has 2 aromatic carbocycles. The summed E-state index contributed by atoms with van der Waals surface area (Å²) in [6.45, 7) is 10.9. The van der Waals surface area contributed by atoms with Crippen LogP contribution in [0, 0.1) is 6.92 Å². The average molecular weight is 573 g/mol. The Morgan fingerprint density at radius 2 is 1.67 bits per heavy atom. The molecule has 0 bridgehead atoms. The number of anilines is 1. The monoisotopic (exact) mass is 572 g/mol. The summed E-state index contributed by atoms with van der Waals surface area (Å²) < 4.78 is 43.8. The second-order valence-electron chi connectivity index (χ2n) is 11.1. The van der Waals surface area contributed by atoms with Crippen molar-refractivity contribution in [1.29, 1.82) is 0 Å². The van der Waals surface area contributed by atoms with Crippen molar-refractivity contribution in [3.05, 3.63) is 89.4 Å². The van der Waals surface area contributed by atoms with Crippen molar-refractivity contribution in [2.45, 2.75) is 65.8 Å². The zero-order valence-corrected chi connectivity index (χ0v) is 24.1. The van der Waals surface area contributed by atoms with Crippen LogP contribution in [-0.2, 0) is 19.3 Å². The third-order valence-corrected chi connectivity index (χ3v) is 7.50. The zero-order valence-electron chi connectivity index (χ0n) is 24.1. The smallest absolute Gasteiger partial charge is 0.343 e. The highest BCUT2D eigenvalue weighted by Gasteiger charge is 2.35. The third kappa shape index (κ3) is 4.93. The van der Waals surface area contributed by atoms with E-state index in [9.17, 15) is 13.2 Å². The Hall–Kier alpha value is -4.54. The van der Waals surface area contributed by atoms with E-state index >= 15 is 0 Å². The lowest BCUT2D eigenvalue weighted by Gasteiger charge is -2.30. The van der Waals surface area contributed by atoms with Gasteiger partial charge in [0.05, 0.1) is 12.7 Å². The molecular weight excluding hydrogens is 541 g/mol. The molecule has 0 unspecified atom stereocenters. The van der Waals surface area contributed by atoms with Crippen LogP contribution in [-0.4, -0.2) is 34.3 Å². The number of rotatable bonds is 6. The minimum Gasteiger partial charge on any atom is -0.343 e. The molecule has 4 heterocycles. The molecule has 0 atom stereocenters. The quantitative estimate of drug-likeness (QED) is 0.215. The van der Waals surface area contributed by atoms with Crippen molar-refractivity contribution >= 4 is 5.82 Å². The molecule has 5 aromatic rings. The highest BCUT2D eigenvalue weighted by atomic mass is 19.4. The van der Waals surface area contributed by atoms with Gasteiger partial charge >= 0.3 is 6.18 Å². The number of nitrogens with zero attached hydrogens (tertiary/aromatic N) is 8. The summed E-state index contributed by atoms with van der Waals surface area (Å²) in [4.78, 5) is 15.9. The van der Waals surface area contributed by atoms with E-state index in [4.69, 9.17) is 9.97 Å². The Bertz CT molecular complexity index is 1750. The van der Waals surface area contributed by atoms with Crippen LogP contribution in [0.4, 0.5) is 19.0 Å². The maximum absolute atomic E-state index is 13.4. The van der Waals surface area contributed by atoms with Crippen LogP contribution in [0.25, 0.3) is 28.5 Å². The fraction of sp³-hybridized carbons (Fsp3) is 0.323. The summed E-state index contributed by atoms with van der Waals surface area (Å²) in [5, 5.41) is 8.66. The van der Waals surface area contributed by atoms with E-state index in [2.05, 4.69) is 40.0 Å². The zero-order chi connectivity index (χ0) is 29.8. The second-order valence-corrected chi connectivity index (χ2v) is 11.1. The molecule has 0 saturated heterocycles. The summed E-state index contributed by atoms with van der Waals surface area (Å²) in [6.07, 6.45) is -1.61. The number of hydrogen-bond acceptors (Lipinski definition) is 6. The predicted molar refractivity (Wildman–Crippen MR) is 154 cm³/mol. The van der Waals surface area contributed by atoms with Gasteiger partial charge in [0.2, 0.25) is 0 Å². The number of aromatic nitrogens is 7.